The molecule has 0 heterocycles. The van der Waals surface area contributed by atoms with E-state index >= 15 is 0 Å². The summed E-state index contributed by atoms with van der Waals surface area (Å²) in [4.78, 5) is 36.9. The molecule has 0 unspecified atom stereocenters. The van der Waals surface area contributed by atoms with Crippen LogP contribution in [0.4, 0.5) is 10.5 Å². The van der Waals surface area contributed by atoms with E-state index in [1.165, 1.54) is 0 Å². The van der Waals surface area contributed by atoms with Crippen molar-refractivity contribution in [1.29, 1.82) is 0 Å². The fourth-order valence-corrected chi connectivity index (χ4v) is 3.30. The van der Waals surface area contributed by atoms with Crippen LogP contribution in [0.3, 0.4) is 0 Å². The Morgan fingerprint density at radius 2 is 1.55 bits per heavy atom. The van der Waals surface area contributed by atoms with Gasteiger partial charge in [0.15, 0.2) is 0 Å². The summed E-state index contributed by atoms with van der Waals surface area (Å²) in [5, 5.41) is 10.2. The van der Waals surface area contributed by atoms with Gasteiger partial charge in [-0.05, 0) is 49.2 Å². The van der Waals surface area contributed by atoms with Crippen molar-refractivity contribution in [2.75, 3.05) is 11.9 Å². The van der Waals surface area contributed by atoms with Crippen LogP contribution in [0.1, 0.15) is 43.1 Å². The van der Waals surface area contributed by atoms with Gasteiger partial charge < -0.3 is 20.7 Å². The van der Waals surface area contributed by atoms with Gasteiger partial charge in [-0.25, -0.2) is 4.79 Å². The van der Waals surface area contributed by atoms with Crippen LogP contribution in [0.5, 0.6) is 0 Å². The van der Waals surface area contributed by atoms with E-state index < -0.39 is 11.7 Å². The number of nitrogens with one attached hydrogen (secondary N) is 3. The molecule has 0 aliphatic heterocycles. The van der Waals surface area contributed by atoms with Crippen molar-refractivity contribution in [1.82, 2.24) is 10.6 Å². The first-order chi connectivity index (χ1) is 15.7. The Morgan fingerprint density at radius 1 is 0.848 bits per heavy atom. The maximum absolute atomic E-state index is 12.8. The molecule has 0 aliphatic rings. The fourth-order valence-electron chi connectivity index (χ4n) is 3.30. The second-order valence-electron chi connectivity index (χ2n) is 8.59. The Labute approximate surface area is 193 Å². The molecule has 3 N–H and O–H groups in total. The predicted molar refractivity (Wildman–Crippen MR) is 129 cm³/mol. The fraction of sp³-hybridized carbons (Fsp3) is 0.269. The largest absolute Gasteiger partial charge is 0.444 e. The Morgan fingerprint density at radius 3 is 2.33 bits per heavy atom. The molecular weight excluding hydrogens is 418 g/mol. The standard InChI is InChI=1S/C26H29N3O4/c1-26(2,3)33-25(32)27-16-15-23(30)29-22-14-7-5-10-19(22)17-28-24(31)21-13-8-11-18-9-4-6-12-20(18)21/h4-14H,15-17H2,1-3H3,(H,27,32)(H,28,31)(H,29,30). The summed E-state index contributed by atoms with van der Waals surface area (Å²) in [6, 6.07) is 20.6. The molecule has 0 atom stereocenters. The summed E-state index contributed by atoms with van der Waals surface area (Å²) in [6.07, 6.45) is -0.470. The predicted octanol–water partition coefficient (Wildman–Crippen LogP) is 4.62. The molecule has 3 amide bonds. The molecular formula is C26H29N3O4. The third kappa shape index (κ3) is 7.07. The summed E-state index contributed by atoms with van der Waals surface area (Å²) in [5.74, 6) is -0.437. The Balaban J connectivity index is 1.56. The second-order valence-corrected chi connectivity index (χ2v) is 8.59. The van der Waals surface area contributed by atoms with E-state index in [1.54, 1.807) is 32.9 Å². The number of ether oxygens (including phenoxy) is 1. The van der Waals surface area contributed by atoms with Gasteiger partial charge in [0, 0.05) is 30.8 Å². The number of carbonyl (C=O) groups is 3. The average Bonchev–Trinajstić information content (AvgIpc) is 2.76. The summed E-state index contributed by atoms with van der Waals surface area (Å²) in [6.45, 7) is 5.73. The molecule has 0 aromatic heterocycles. The minimum Gasteiger partial charge on any atom is -0.444 e. The lowest BCUT2D eigenvalue weighted by Gasteiger charge is -2.19. The van der Waals surface area contributed by atoms with Gasteiger partial charge in [0.25, 0.3) is 5.91 Å². The van der Waals surface area contributed by atoms with E-state index in [0.29, 0.717) is 11.3 Å². The topological polar surface area (TPSA) is 96.5 Å². The Kier molecular flexibility index (Phi) is 7.66. The molecule has 0 radical (unpaired) electrons. The molecule has 0 spiro atoms. The molecule has 7 heteroatoms. The number of carbonyl (C=O) groups excluding carboxylic acids is 3. The van der Waals surface area contributed by atoms with Gasteiger partial charge in [-0.1, -0.05) is 54.6 Å². The number of rotatable bonds is 7. The molecule has 7 nitrogen and oxygen atoms in total. The van der Waals surface area contributed by atoms with Gasteiger partial charge in [0.05, 0.1) is 0 Å². The summed E-state index contributed by atoms with van der Waals surface area (Å²) in [5.41, 5.74) is 1.39. The molecule has 0 saturated carbocycles. The quantitative estimate of drug-likeness (QED) is 0.492. The van der Waals surface area contributed by atoms with Crippen LogP contribution in [0.25, 0.3) is 10.8 Å². The lowest BCUT2D eigenvalue weighted by Crippen LogP contribution is -2.34. The van der Waals surface area contributed by atoms with E-state index in [1.807, 2.05) is 54.6 Å². The van der Waals surface area contributed by atoms with Crippen LogP contribution in [0.15, 0.2) is 66.7 Å². The smallest absolute Gasteiger partial charge is 0.407 e. The van der Waals surface area contributed by atoms with E-state index in [9.17, 15) is 14.4 Å². The molecule has 0 fully saturated rings. The zero-order valence-electron chi connectivity index (χ0n) is 19.1. The molecule has 3 rings (SSSR count). The number of hydrogen-bond acceptors (Lipinski definition) is 4. The molecule has 3 aromatic carbocycles. The van der Waals surface area contributed by atoms with Crippen molar-refractivity contribution in [3.05, 3.63) is 77.9 Å². The highest BCUT2D eigenvalue weighted by molar-refractivity contribution is 6.07. The Bertz CT molecular complexity index is 1150. The van der Waals surface area contributed by atoms with Crippen LogP contribution in [-0.4, -0.2) is 30.1 Å². The summed E-state index contributed by atoms with van der Waals surface area (Å²) in [7, 11) is 0. The highest BCUT2D eigenvalue weighted by Crippen LogP contribution is 2.19. The molecule has 0 bridgehead atoms. The van der Waals surface area contributed by atoms with Gasteiger partial charge in [-0.15, -0.1) is 0 Å². The van der Waals surface area contributed by atoms with E-state index in [2.05, 4.69) is 16.0 Å². The van der Waals surface area contributed by atoms with Gasteiger partial charge in [-0.2, -0.15) is 0 Å². The van der Waals surface area contributed by atoms with E-state index in [0.717, 1.165) is 16.3 Å². The van der Waals surface area contributed by atoms with Crippen LogP contribution in [-0.2, 0) is 16.1 Å². The zero-order valence-corrected chi connectivity index (χ0v) is 19.1. The van der Waals surface area contributed by atoms with Crippen LogP contribution >= 0.6 is 0 Å². The SMILES string of the molecule is CC(C)(C)OC(=O)NCCC(=O)Nc1ccccc1CNC(=O)c1cccc2ccccc12. The van der Waals surface area contributed by atoms with Gasteiger partial charge in [-0.3, -0.25) is 9.59 Å². The van der Waals surface area contributed by atoms with Crippen molar-refractivity contribution in [2.24, 2.45) is 0 Å². The zero-order chi connectivity index (χ0) is 23.8. The van der Waals surface area contributed by atoms with Crippen molar-refractivity contribution in [3.8, 4) is 0 Å². The summed E-state index contributed by atoms with van der Waals surface area (Å²) >= 11 is 0. The first kappa shape index (κ1) is 23.8. The number of alkyl carbamates (subject to hydrolysis) is 1. The van der Waals surface area contributed by atoms with E-state index in [4.69, 9.17) is 4.74 Å². The van der Waals surface area contributed by atoms with E-state index in [-0.39, 0.29) is 31.3 Å². The number of anilines is 1. The molecule has 33 heavy (non-hydrogen) atoms. The van der Waals surface area contributed by atoms with Gasteiger partial charge >= 0.3 is 6.09 Å². The normalized spacial score (nSPS) is 11.0. The first-order valence-electron chi connectivity index (χ1n) is 10.8. The first-order valence-corrected chi connectivity index (χ1v) is 10.8. The van der Waals surface area contributed by atoms with Crippen LogP contribution < -0.4 is 16.0 Å². The average molecular weight is 448 g/mol. The number of para-hydroxylation sites is 1. The van der Waals surface area contributed by atoms with Gasteiger partial charge in [0.1, 0.15) is 5.60 Å². The molecule has 0 saturated heterocycles. The third-order valence-corrected chi connectivity index (χ3v) is 4.79. The molecule has 0 aliphatic carbocycles. The highest BCUT2D eigenvalue weighted by atomic mass is 16.6. The van der Waals surface area contributed by atoms with Crippen LogP contribution in [0, 0.1) is 0 Å². The van der Waals surface area contributed by atoms with Crippen LogP contribution in [0.2, 0.25) is 0 Å². The van der Waals surface area contributed by atoms with Gasteiger partial charge in [0.2, 0.25) is 5.91 Å². The minimum atomic E-state index is -0.595. The maximum Gasteiger partial charge on any atom is 0.407 e. The number of hydrogen-bond donors (Lipinski definition) is 3. The number of amides is 3. The monoisotopic (exact) mass is 447 g/mol. The maximum atomic E-state index is 12.8. The molecule has 3 aromatic rings. The highest BCUT2D eigenvalue weighted by Gasteiger charge is 2.16. The lowest BCUT2D eigenvalue weighted by atomic mass is 10.0. The number of benzene rings is 3. The Hall–Kier alpha value is -3.87. The summed E-state index contributed by atoms with van der Waals surface area (Å²) < 4.78 is 5.15. The molecule has 172 valence electrons. The van der Waals surface area contributed by atoms with Crippen molar-refractivity contribution in [3.63, 3.8) is 0 Å². The lowest BCUT2D eigenvalue weighted by molar-refractivity contribution is -0.116. The third-order valence-electron chi connectivity index (χ3n) is 4.79. The minimum absolute atomic E-state index is 0.0932. The number of fused-ring (bicyclic) bond motifs is 1. The van der Waals surface area contributed by atoms with Crippen molar-refractivity contribution >= 4 is 34.4 Å². The van der Waals surface area contributed by atoms with Crippen molar-refractivity contribution < 1.29 is 19.1 Å². The van der Waals surface area contributed by atoms with Crippen molar-refractivity contribution in [2.45, 2.75) is 39.3 Å². The second kappa shape index (κ2) is 10.6.